The van der Waals surface area contributed by atoms with Gasteiger partial charge in [-0.1, -0.05) is 26.0 Å². The highest BCUT2D eigenvalue weighted by atomic mass is 16.7. The summed E-state index contributed by atoms with van der Waals surface area (Å²) in [5, 5.41) is 17.5. The van der Waals surface area contributed by atoms with Gasteiger partial charge in [0.25, 0.3) is 0 Å². The number of benzene rings is 1. The molecule has 0 amide bonds. The lowest BCUT2D eigenvalue weighted by molar-refractivity contribution is -0.0160. The fourth-order valence-electron chi connectivity index (χ4n) is 3.09. The molecule has 0 saturated carbocycles. The Kier molecular flexibility index (Phi) is 4.48. The molecule has 0 fully saturated rings. The molecule has 1 aliphatic rings. The van der Waals surface area contributed by atoms with Gasteiger partial charge in [-0.25, -0.2) is 9.50 Å². The molecule has 1 aliphatic heterocycles. The predicted octanol–water partition coefficient (Wildman–Crippen LogP) is 2.69. The first-order chi connectivity index (χ1) is 12.7. The van der Waals surface area contributed by atoms with E-state index < -0.39 is 0 Å². The fraction of sp³-hybridized carbons (Fsp3) is 0.368. The number of imidazole rings is 1. The average Bonchev–Trinajstić information content (AvgIpc) is 3.08. The van der Waals surface area contributed by atoms with Gasteiger partial charge in [0.15, 0.2) is 12.4 Å². The van der Waals surface area contributed by atoms with Crippen molar-refractivity contribution in [1.29, 1.82) is 0 Å². The molecule has 0 spiro atoms. The number of ether oxygens (including phenoxy) is 2. The van der Waals surface area contributed by atoms with E-state index in [1.807, 2.05) is 36.5 Å². The SMILES string of the molecule is CC(C)[C@@H](CO)Nc1ccc2ncc(-c3cccc4c3COCO4)n2n1. The molecule has 0 saturated heterocycles. The van der Waals surface area contributed by atoms with Crippen molar-refractivity contribution in [2.45, 2.75) is 26.5 Å². The molecule has 136 valence electrons. The van der Waals surface area contributed by atoms with Gasteiger partial charge >= 0.3 is 0 Å². The van der Waals surface area contributed by atoms with Crippen molar-refractivity contribution in [3.8, 4) is 17.0 Å². The maximum Gasteiger partial charge on any atom is 0.189 e. The van der Waals surface area contributed by atoms with Crippen molar-refractivity contribution in [2.24, 2.45) is 5.92 Å². The van der Waals surface area contributed by atoms with E-state index in [1.54, 1.807) is 4.52 Å². The van der Waals surface area contributed by atoms with E-state index in [9.17, 15) is 5.11 Å². The summed E-state index contributed by atoms with van der Waals surface area (Å²) in [4.78, 5) is 4.46. The minimum absolute atomic E-state index is 0.0506. The second-order valence-corrected chi connectivity index (χ2v) is 6.70. The van der Waals surface area contributed by atoms with Crippen LogP contribution >= 0.6 is 0 Å². The molecule has 3 heterocycles. The van der Waals surface area contributed by atoms with Crippen molar-refractivity contribution < 1.29 is 14.6 Å². The van der Waals surface area contributed by atoms with Crippen molar-refractivity contribution in [3.63, 3.8) is 0 Å². The van der Waals surface area contributed by atoms with Crippen LogP contribution in [0.4, 0.5) is 5.82 Å². The van der Waals surface area contributed by atoms with Gasteiger partial charge in [0, 0.05) is 11.1 Å². The summed E-state index contributed by atoms with van der Waals surface area (Å²) in [5.74, 6) is 1.81. The van der Waals surface area contributed by atoms with Gasteiger partial charge in [0.2, 0.25) is 0 Å². The number of fused-ring (bicyclic) bond motifs is 2. The zero-order valence-corrected chi connectivity index (χ0v) is 14.8. The van der Waals surface area contributed by atoms with Crippen LogP contribution in [-0.2, 0) is 11.3 Å². The zero-order valence-electron chi connectivity index (χ0n) is 14.8. The lowest BCUT2D eigenvalue weighted by Gasteiger charge is -2.21. The van der Waals surface area contributed by atoms with E-state index >= 15 is 0 Å². The maximum atomic E-state index is 9.56. The van der Waals surface area contributed by atoms with Gasteiger partial charge in [0.1, 0.15) is 11.6 Å². The first-order valence-electron chi connectivity index (χ1n) is 8.72. The Morgan fingerprint density at radius 2 is 2.15 bits per heavy atom. The normalized spacial score (nSPS) is 14.9. The van der Waals surface area contributed by atoms with Crippen LogP contribution in [0, 0.1) is 5.92 Å². The van der Waals surface area contributed by atoms with E-state index in [2.05, 4.69) is 29.2 Å². The summed E-state index contributed by atoms with van der Waals surface area (Å²) in [6.07, 6.45) is 1.81. The number of nitrogens with zero attached hydrogens (tertiary/aromatic N) is 3. The summed E-state index contributed by atoms with van der Waals surface area (Å²) < 4.78 is 12.8. The third-order valence-corrected chi connectivity index (χ3v) is 4.65. The monoisotopic (exact) mass is 354 g/mol. The van der Waals surface area contributed by atoms with Gasteiger partial charge in [-0.05, 0) is 24.1 Å². The van der Waals surface area contributed by atoms with Crippen molar-refractivity contribution in [1.82, 2.24) is 14.6 Å². The van der Waals surface area contributed by atoms with Crippen LogP contribution in [-0.4, -0.2) is 39.1 Å². The Bertz CT molecular complexity index is 922. The number of rotatable bonds is 5. The van der Waals surface area contributed by atoms with Crippen LogP contribution in [0.1, 0.15) is 19.4 Å². The third kappa shape index (κ3) is 3.00. The van der Waals surface area contributed by atoms with Gasteiger partial charge in [-0.2, -0.15) is 0 Å². The van der Waals surface area contributed by atoms with Crippen LogP contribution in [0.5, 0.6) is 5.75 Å². The second kappa shape index (κ2) is 6.93. The molecule has 7 heteroatoms. The molecule has 0 radical (unpaired) electrons. The van der Waals surface area contributed by atoms with Gasteiger partial charge in [0.05, 0.1) is 31.1 Å². The number of aromatic nitrogens is 3. The third-order valence-electron chi connectivity index (χ3n) is 4.65. The molecule has 0 unspecified atom stereocenters. The van der Waals surface area contributed by atoms with E-state index in [0.717, 1.165) is 28.2 Å². The minimum Gasteiger partial charge on any atom is -0.467 e. The molecule has 1 aromatic carbocycles. The van der Waals surface area contributed by atoms with Crippen molar-refractivity contribution in [2.75, 3.05) is 18.7 Å². The number of nitrogens with one attached hydrogen (secondary N) is 1. The summed E-state index contributed by atoms with van der Waals surface area (Å²) in [6, 6.07) is 9.66. The summed E-state index contributed by atoms with van der Waals surface area (Å²) in [7, 11) is 0. The summed E-state index contributed by atoms with van der Waals surface area (Å²) in [6.45, 7) is 4.94. The topological polar surface area (TPSA) is 80.9 Å². The summed E-state index contributed by atoms with van der Waals surface area (Å²) in [5.41, 5.74) is 3.61. The van der Waals surface area contributed by atoms with Crippen LogP contribution in [0.25, 0.3) is 16.9 Å². The molecular formula is C19H22N4O3. The second-order valence-electron chi connectivity index (χ2n) is 6.70. The first kappa shape index (κ1) is 16.8. The van der Waals surface area contributed by atoms with Crippen LogP contribution in [0.15, 0.2) is 36.5 Å². The lowest BCUT2D eigenvalue weighted by atomic mass is 10.0. The summed E-state index contributed by atoms with van der Waals surface area (Å²) >= 11 is 0. The number of hydrogen-bond acceptors (Lipinski definition) is 6. The van der Waals surface area contributed by atoms with E-state index in [-0.39, 0.29) is 25.4 Å². The van der Waals surface area contributed by atoms with E-state index in [0.29, 0.717) is 12.4 Å². The number of hydrogen-bond donors (Lipinski definition) is 2. The Labute approximate surface area is 151 Å². The average molecular weight is 354 g/mol. The molecule has 1 atom stereocenters. The highest BCUT2D eigenvalue weighted by Crippen LogP contribution is 2.33. The van der Waals surface area contributed by atoms with Gasteiger partial charge in [-0.3, -0.25) is 0 Å². The highest BCUT2D eigenvalue weighted by Gasteiger charge is 2.19. The van der Waals surface area contributed by atoms with Crippen LogP contribution < -0.4 is 10.1 Å². The largest absolute Gasteiger partial charge is 0.467 e. The Balaban J connectivity index is 1.76. The van der Waals surface area contributed by atoms with Crippen molar-refractivity contribution >= 4 is 11.5 Å². The highest BCUT2D eigenvalue weighted by molar-refractivity contribution is 5.69. The number of aliphatic hydroxyl groups is 1. The molecule has 2 aromatic heterocycles. The van der Waals surface area contributed by atoms with E-state index in [4.69, 9.17) is 9.47 Å². The molecule has 26 heavy (non-hydrogen) atoms. The molecule has 0 bridgehead atoms. The lowest BCUT2D eigenvalue weighted by Crippen LogP contribution is -2.30. The molecule has 0 aliphatic carbocycles. The van der Waals surface area contributed by atoms with Gasteiger partial charge < -0.3 is 19.9 Å². The standard InChI is InChI=1S/C19H22N4O3/c1-12(2)15(9-24)21-18-6-7-19-20-8-16(23(19)22-18)13-4-3-5-17-14(13)10-25-11-26-17/h3-8,12,15,24H,9-11H2,1-2H3,(H,21,22)/t15-/m1/s1. The quantitative estimate of drug-likeness (QED) is 0.733. The van der Waals surface area contributed by atoms with Crippen LogP contribution in [0.3, 0.4) is 0 Å². The maximum absolute atomic E-state index is 9.56. The van der Waals surface area contributed by atoms with E-state index in [1.165, 1.54) is 0 Å². The van der Waals surface area contributed by atoms with Crippen LogP contribution in [0.2, 0.25) is 0 Å². The molecule has 3 aromatic rings. The number of aliphatic hydroxyl groups excluding tert-OH is 1. The first-order valence-corrected chi connectivity index (χ1v) is 8.72. The molecular weight excluding hydrogens is 332 g/mol. The van der Waals surface area contributed by atoms with Gasteiger partial charge in [-0.15, -0.1) is 5.10 Å². The molecule has 2 N–H and O–H groups in total. The Morgan fingerprint density at radius 3 is 2.96 bits per heavy atom. The zero-order chi connectivity index (χ0) is 18.1. The number of anilines is 1. The molecule has 7 nitrogen and oxygen atoms in total. The molecule has 4 rings (SSSR count). The minimum atomic E-state index is -0.0572. The smallest absolute Gasteiger partial charge is 0.189 e. The Morgan fingerprint density at radius 1 is 1.27 bits per heavy atom. The fourth-order valence-corrected chi connectivity index (χ4v) is 3.09. The predicted molar refractivity (Wildman–Crippen MR) is 98.0 cm³/mol. The Hall–Kier alpha value is -2.64. The van der Waals surface area contributed by atoms with Crippen molar-refractivity contribution in [3.05, 3.63) is 42.1 Å².